The summed E-state index contributed by atoms with van der Waals surface area (Å²) >= 11 is 3.43. The summed E-state index contributed by atoms with van der Waals surface area (Å²) in [7, 11) is 1.56. The molecule has 2 aromatic carbocycles. The highest BCUT2D eigenvalue weighted by Gasteiger charge is 2.60. The van der Waals surface area contributed by atoms with Gasteiger partial charge in [-0.15, -0.1) is 0 Å². The molecule has 2 saturated heterocycles. The van der Waals surface area contributed by atoms with Gasteiger partial charge in [0.05, 0.1) is 24.5 Å². The smallest absolute Gasteiger partial charge is 0.266 e. The maximum Gasteiger partial charge on any atom is 0.266 e. The Kier molecular flexibility index (Phi) is 4.95. The van der Waals surface area contributed by atoms with Crippen LogP contribution in [0.4, 0.5) is 11.4 Å². The minimum absolute atomic E-state index is 0.298. The molecule has 2 fully saturated rings. The molecule has 5 rings (SSSR count). The van der Waals surface area contributed by atoms with Crippen molar-refractivity contribution in [3.8, 4) is 5.75 Å². The van der Waals surface area contributed by atoms with E-state index in [0.29, 0.717) is 11.4 Å². The maximum absolute atomic E-state index is 13.5. The van der Waals surface area contributed by atoms with Gasteiger partial charge in [-0.2, -0.15) is 0 Å². The van der Waals surface area contributed by atoms with Gasteiger partial charge in [-0.1, -0.05) is 22.0 Å². The molecule has 0 N–H and O–H groups in total. The quantitative estimate of drug-likeness (QED) is 0.528. The predicted molar refractivity (Wildman–Crippen MR) is 117 cm³/mol. The standard InChI is InChI=1S/C23H18BrN3O4/c1-30-18-10-8-16(9-11-18)26-22(28)19-20(14-3-2-12-25-13-14)27(31-21(19)23(26)29)17-6-4-15(24)5-7-17/h2-13,19-21H,1H3/t19-,20+,21+/m0/s1. The van der Waals surface area contributed by atoms with Crippen molar-refractivity contribution in [1.82, 2.24) is 4.98 Å². The molecule has 156 valence electrons. The zero-order valence-corrected chi connectivity index (χ0v) is 18.1. The highest BCUT2D eigenvalue weighted by Crippen LogP contribution is 2.47. The average Bonchev–Trinajstić information content (AvgIpc) is 3.31. The number of benzene rings is 2. The fourth-order valence-electron chi connectivity index (χ4n) is 4.10. The van der Waals surface area contributed by atoms with E-state index in [9.17, 15) is 9.59 Å². The lowest BCUT2D eigenvalue weighted by Crippen LogP contribution is -2.37. The Bertz CT molecular complexity index is 1120. The van der Waals surface area contributed by atoms with Crippen LogP contribution in [0.15, 0.2) is 77.5 Å². The first-order valence-electron chi connectivity index (χ1n) is 9.72. The number of pyridine rings is 1. The van der Waals surface area contributed by atoms with Gasteiger partial charge >= 0.3 is 0 Å². The maximum atomic E-state index is 13.5. The number of hydroxylamine groups is 1. The van der Waals surface area contributed by atoms with E-state index in [-0.39, 0.29) is 11.8 Å². The van der Waals surface area contributed by atoms with Gasteiger partial charge < -0.3 is 4.74 Å². The number of carbonyl (C=O) groups is 2. The number of ether oxygens (including phenoxy) is 1. The van der Waals surface area contributed by atoms with E-state index in [1.165, 1.54) is 4.90 Å². The van der Waals surface area contributed by atoms with Crippen molar-refractivity contribution in [3.63, 3.8) is 0 Å². The molecule has 31 heavy (non-hydrogen) atoms. The van der Waals surface area contributed by atoms with Crippen LogP contribution in [0.1, 0.15) is 11.6 Å². The van der Waals surface area contributed by atoms with Crippen LogP contribution in [0, 0.1) is 5.92 Å². The van der Waals surface area contributed by atoms with E-state index < -0.39 is 18.1 Å². The highest BCUT2D eigenvalue weighted by molar-refractivity contribution is 9.10. The monoisotopic (exact) mass is 479 g/mol. The fourth-order valence-corrected chi connectivity index (χ4v) is 4.37. The number of aromatic nitrogens is 1. The third kappa shape index (κ3) is 3.28. The first kappa shape index (κ1) is 19.7. The second-order valence-electron chi connectivity index (χ2n) is 7.30. The molecule has 0 aliphatic carbocycles. The topological polar surface area (TPSA) is 72.0 Å². The van der Waals surface area contributed by atoms with Crippen LogP contribution in [0.2, 0.25) is 0 Å². The number of imide groups is 1. The normalized spacial score (nSPS) is 22.7. The molecule has 8 heteroatoms. The van der Waals surface area contributed by atoms with Gasteiger partial charge in [-0.05, 0) is 60.2 Å². The van der Waals surface area contributed by atoms with E-state index in [4.69, 9.17) is 9.57 Å². The molecule has 3 aromatic rings. The van der Waals surface area contributed by atoms with E-state index >= 15 is 0 Å². The first-order chi connectivity index (χ1) is 15.1. The Morgan fingerprint density at radius 1 is 0.968 bits per heavy atom. The van der Waals surface area contributed by atoms with E-state index in [1.807, 2.05) is 36.4 Å². The number of hydrogen-bond acceptors (Lipinski definition) is 6. The molecule has 1 aromatic heterocycles. The van der Waals surface area contributed by atoms with Crippen LogP contribution in [0.3, 0.4) is 0 Å². The van der Waals surface area contributed by atoms with E-state index in [1.54, 1.807) is 48.8 Å². The molecule has 0 spiro atoms. The summed E-state index contributed by atoms with van der Waals surface area (Å²) in [4.78, 5) is 38.3. The summed E-state index contributed by atoms with van der Waals surface area (Å²) < 4.78 is 6.10. The van der Waals surface area contributed by atoms with E-state index in [2.05, 4.69) is 20.9 Å². The summed E-state index contributed by atoms with van der Waals surface area (Å²) in [5.74, 6) is -0.723. The van der Waals surface area contributed by atoms with Crippen molar-refractivity contribution in [3.05, 3.63) is 83.1 Å². The third-order valence-corrected chi connectivity index (χ3v) is 6.08. The zero-order valence-electron chi connectivity index (χ0n) is 16.5. The van der Waals surface area contributed by atoms with E-state index in [0.717, 1.165) is 15.7 Å². The molecule has 2 amide bonds. The molecule has 0 saturated carbocycles. The fraction of sp³-hybridized carbons (Fsp3) is 0.174. The molecule has 2 aliphatic heterocycles. The predicted octanol–water partition coefficient (Wildman–Crippen LogP) is 3.90. The number of carbonyl (C=O) groups excluding carboxylic acids is 2. The van der Waals surface area contributed by atoms with Crippen molar-refractivity contribution in [2.45, 2.75) is 12.1 Å². The zero-order chi connectivity index (χ0) is 21.5. The Morgan fingerprint density at radius 2 is 1.68 bits per heavy atom. The summed E-state index contributed by atoms with van der Waals surface area (Å²) in [6, 6.07) is 17.6. The SMILES string of the molecule is COc1ccc(N2C(=O)[C@H]3[C@@H](c4cccnc4)N(c4ccc(Br)cc4)O[C@H]3C2=O)cc1. The molecule has 2 aliphatic rings. The molecule has 3 atom stereocenters. The van der Waals surface area contributed by atoms with Crippen LogP contribution < -0.4 is 14.7 Å². The van der Waals surface area contributed by atoms with Crippen LogP contribution in [-0.4, -0.2) is 30.0 Å². The lowest BCUT2D eigenvalue weighted by molar-refractivity contribution is -0.126. The molecule has 0 unspecified atom stereocenters. The number of amides is 2. The Labute approximate surface area is 187 Å². The number of hydrogen-bond donors (Lipinski definition) is 0. The lowest BCUT2D eigenvalue weighted by Gasteiger charge is -2.28. The minimum atomic E-state index is -0.913. The first-order valence-corrected chi connectivity index (χ1v) is 10.5. The highest BCUT2D eigenvalue weighted by atomic mass is 79.9. The number of nitrogens with zero attached hydrogens (tertiary/aromatic N) is 3. The van der Waals surface area contributed by atoms with Gasteiger partial charge in [0.1, 0.15) is 11.7 Å². The van der Waals surface area contributed by atoms with Gasteiger partial charge in [-0.25, -0.2) is 9.96 Å². The average molecular weight is 480 g/mol. The molecule has 0 radical (unpaired) electrons. The van der Waals surface area contributed by atoms with Crippen molar-refractivity contribution in [2.24, 2.45) is 5.92 Å². The Hall–Kier alpha value is -3.23. The molecule has 7 nitrogen and oxygen atoms in total. The second kappa shape index (κ2) is 7.79. The summed E-state index contributed by atoms with van der Waals surface area (Å²) in [6.45, 7) is 0. The largest absolute Gasteiger partial charge is 0.497 e. The van der Waals surface area contributed by atoms with Crippen molar-refractivity contribution < 1.29 is 19.2 Å². The van der Waals surface area contributed by atoms with Gasteiger partial charge in [0.2, 0.25) is 5.91 Å². The lowest BCUT2D eigenvalue weighted by atomic mass is 9.91. The van der Waals surface area contributed by atoms with Crippen molar-refractivity contribution >= 4 is 39.1 Å². The Balaban J connectivity index is 1.55. The van der Waals surface area contributed by atoms with Crippen molar-refractivity contribution in [1.29, 1.82) is 0 Å². The number of fused-ring (bicyclic) bond motifs is 1. The van der Waals surface area contributed by atoms with Crippen molar-refractivity contribution in [2.75, 3.05) is 17.1 Å². The third-order valence-electron chi connectivity index (χ3n) is 5.55. The van der Waals surface area contributed by atoms with Crippen LogP contribution in [0.25, 0.3) is 0 Å². The van der Waals surface area contributed by atoms with Crippen LogP contribution in [0.5, 0.6) is 5.75 Å². The van der Waals surface area contributed by atoms with Gasteiger partial charge in [0.25, 0.3) is 5.91 Å². The number of rotatable bonds is 4. The Morgan fingerprint density at radius 3 is 2.32 bits per heavy atom. The number of anilines is 2. The minimum Gasteiger partial charge on any atom is -0.497 e. The molecule has 0 bridgehead atoms. The summed E-state index contributed by atoms with van der Waals surface area (Å²) in [6.07, 6.45) is 2.46. The number of halogens is 1. The molecular weight excluding hydrogens is 462 g/mol. The molecular formula is C23H18BrN3O4. The number of methoxy groups -OCH3 is 1. The summed E-state index contributed by atoms with van der Waals surface area (Å²) in [5, 5.41) is 1.65. The van der Waals surface area contributed by atoms with Crippen LogP contribution in [-0.2, 0) is 14.4 Å². The van der Waals surface area contributed by atoms with Gasteiger partial charge in [0, 0.05) is 16.9 Å². The van der Waals surface area contributed by atoms with Crippen LogP contribution >= 0.6 is 15.9 Å². The second-order valence-corrected chi connectivity index (χ2v) is 8.21. The van der Waals surface area contributed by atoms with Gasteiger partial charge in [-0.3, -0.25) is 19.4 Å². The van der Waals surface area contributed by atoms with Gasteiger partial charge in [0.15, 0.2) is 6.10 Å². The molecule has 3 heterocycles. The summed E-state index contributed by atoms with van der Waals surface area (Å²) in [5.41, 5.74) is 2.05.